The van der Waals surface area contributed by atoms with E-state index in [-0.39, 0.29) is 23.7 Å². The van der Waals surface area contributed by atoms with E-state index in [9.17, 15) is 9.59 Å². The molecule has 0 radical (unpaired) electrons. The third-order valence-corrected chi connectivity index (χ3v) is 2.68. The second kappa shape index (κ2) is 4.44. The molecule has 3 N–H and O–H groups in total. The predicted octanol–water partition coefficient (Wildman–Crippen LogP) is 0.270. The number of piperidine rings is 1. The molecule has 1 aliphatic rings. The Morgan fingerprint density at radius 3 is 2.79 bits per heavy atom. The maximum Gasteiger partial charge on any atom is 0.222 e. The number of nitrogens with two attached hydrogens (primary N) is 1. The average Bonchev–Trinajstić information content (AvgIpc) is 2.01. The van der Waals surface area contributed by atoms with Gasteiger partial charge >= 0.3 is 0 Å². The van der Waals surface area contributed by atoms with Crippen LogP contribution >= 0.6 is 0 Å². The minimum atomic E-state index is -0.296. The maximum absolute atomic E-state index is 11.2. The van der Waals surface area contributed by atoms with E-state index in [4.69, 9.17) is 5.73 Å². The molecule has 1 heterocycles. The number of amides is 2. The fourth-order valence-corrected chi connectivity index (χ4v) is 2.03. The van der Waals surface area contributed by atoms with E-state index >= 15 is 0 Å². The second-order valence-corrected chi connectivity index (χ2v) is 4.41. The van der Waals surface area contributed by atoms with Crippen LogP contribution in [0.5, 0.6) is 0 Å². The minimum absolute atomic E-state index is 0.0353. The molecule has 4 nitrogen and oxygen atoms in total. The molecule has 0 aromatic heterocycles. The fourth-order valence-electron chi connectivity index (χ4n) is 2.03. The van der Waals surface area contributed by atoms with Gasteiger partial charge in [-0.05, 0) is 18.3 Å². The van der Waals surface area contributed by atoms with Crippen molar-refractivity contribution < 1.29 is 9.59 Å². The first-order chi connectivity index (χ1) is 6.50. The molecule has 4 heteroatoms. The number of hydrogen-bond donors (Lipinski definition) is 2. The Hall–Kier alpha value is -1.06. The van der Waals surface area contributed by atoms with Gasteiger partial charge in [0.1, 0.15) is 0 Å². The zero-order valence-corrected chi connectivity index (χ0v) is 8.75. The number of primary amides is 1. The van der Waals surface area contributed by atoms with Gasteiger partial charge in [0.25, 0.3) is 0 Å². The summed E-state index contributed by atoms with van der Waals surface area (Å²) in [6.07, 6.45) is 1.33. The first-order valence-corrected chi connectivity index (χ1v) is 5.06. The molecule has 1 saturated heterocycles. The van der Waals surface area contributed by atoms with Crippen LogP contribution in [-0.4, -0.2) is 18.4 Å². The first-order valence-electron chi connectivity index (χ1n) is 5.06. The summed E-state index contributed by atoms with van der Waals surface area (Å²) >= 11 is 0. The lowest BCUT2D eigenvalue weighted by molar-refractivity contribution is -0.130. The number of carbonyl (C=O) groups is 2. The van der Waals surface area contributed by atoms with Crippen molar-refractivity contribution in [1.82, 2.24) is 5.32 Å². The van der Waals surface area contributed by atoms with E-state index in [1.165, 1.54) is 0 Å². The average molecular weight is 198 g/mol. The van der Waals surface area contributed by atoms with Crippen molar-refractivity contribution in [1.29, 1.82) is 0 Å². The first kappa shape index (κ1) is 11.0. The lowest BCUT2D eigenvalue weighted by Crippen LogP contribution is -2.46. The van der Waals surface area contributed by atoms with Crippen LogP contribution in [0.3, 0.4) is 0 Å². The minimum Gasteiger partial charge on any atom is -0.369 e. The standard InChI is InChI=1S/C10H18N2O2/c1-6(2)3-7-4-9(13)12-5-8(7)10(11)14/h6-8H,3-5H2,1-2H3,(H2,11,14)(H,12,13). The lowest BCUT2D eigenvalue weighted by Gasteiger charge is -2.30. The van der Waals surface area contributed by atoms with Gasteiger partial charge < -0.3 is 11.1 Å². The van der Waals surface area contributed by atoms with Crippen LogP contribution in [0.1, 0.15) is 26.7 Å². The van der Waals surface area contributed by atoms with Gasteiger partial charge in [-0.25, -0.2) is 0 Å². The smallest absolute Gasteiger partial charge is 0.222 e. The Labute approximate surface area is 84.2 Å². The summed E-state index contributed by atoms with van der Waals surface area (Å²) in [5, 5.41) is 2.68. The molecular weight excluding hydrogens is 180 g/mol. The number of nitrogens with one attached hydrogen (secondary N) is 1. The quantitative estimate of drug-likeness (QED) is 0.683. The second-order valence-electron chi connectivity index (χ2n) is 4.41. The highest BCUT2D eigenvalue weighted by molar-refractivity contribution is 5.83. The van der Waals surface area contributed by atoms with E-state index in [1.54, 1.807) is 0 Å². The van der Waals surface area contributed by atoms with Crippen molar-refractivity contribution in [2.75, 3.05) is 6.54 Å². The largest absolute Gasteiger partial charge is 0.369 e. The zero-order chi connectivity index (χ0) is 10.7. The van der Waals surface area contributed by atoms with Crippen LogP contribution in [-0.2, 0) is 9.59 Å². The fraction of sp³-hybridized carbons (Fsp3) is 0.800. The topological polar surface area (TPSA) is 72.2 Å². The van der Waals surface area contributed by atoms with E-state index in [1.807, 2.05) is 0 Å². The summed E-state index contributed by atoms with van der Waals surface area (Å²) in [5.41, 5.74) is 5.29. The van der Waals surface area contributed by atoms with Crippen LogP contribution in [0.4, 0.5) is 0 Å². The van der Waals surface area contributed by atoms with Gasteiger partial charge in [0.2, 0.25) is 11.8 Å². The number of rotatable bonds is 3. The van der Waals surface area contributed by atoms with Gasteiger partial charge in [-0.15, -0.1) is 0 Å². The van der Waals surface area contributed by atoms with E-state index in [2.05, 4.69) is 19.2 Å². The Morgan fingerprint density at radius 1 is 1.64 bits per heavy atom. The van der Waals surface area contributed by atoms with Gasteiger partial charge in [-0.1, -0.05) is 13.8 Å². The van der Waals surface area contributed by atoms with Gasteiger partial charge in [0.05, 0.1) is 5.92 Å². The molecule has 2 amide bonds. The van der Waals surface area contributed by atoms with E-state index in [0.29, 0.717) is 18.9 Å². The molecule has 1 fully saturated rings. The lowest BCUT2D eigenvalue weighted by atomic mass is 9.80. The van der Waals surface area contributed by atoms with E-state index < -0.39 is 0 Å². The Bertz CT molecular complexity index is 238. The number of carbonyl (C=O) groups excluding carboxylic acids is 2. The highest BCUT2D eigenvalue weighted by Crippen LogP contribution is 2.26. The molecule has 0 bridgehead atoms. The molecule has 0 aromatic rings. The van der Waals surface area contributed by atoms with Gasteiger partial charge in [-0.2, -0.15) is 0 Å². The molecule has 1 rings (SSSR count). The molecule has 0 spiro atoms. The third kappa shape index (κ3) is 2.72. The van der Waals surface area contributed by atoms with Crippen molar-refractivity contribution in [2.45, 2.75) is 26.7 Å². The van der Waals surface area contributed by atoms with Crippen LogP contribution in [0.25, 0.3) is 0 Å². The molecule has 0 saturated carbocycles. The Morgan fingerprint density at radius 2 is 2.29 bits per heavy atom. The summed E-state index contributed by atoms with van der Waals surface area (Å²) in [6.45, 7) is 4.58. The molecule has 80 valence electrons. The SMILES string of the molecule is CC(C)CC1CC(=O)NCC1C(N)=O. The van der Waals surface area contributed by atoms with Crippen LogP contribution in [0.2, 0.25) is 0 Å². The molecule has 2 atom stereocenters. The third-order valence-electron chi connectivity index (χ3n) is 2.68. The van der Waals surface area contributed by atoms with Crippen molar-refractivity contribution in [3.8, 4) is 0 Å². The highest BCUT2D eigenvalue weighted by Gasteiger charge is 2.32. The Balaban J connectivity index is 2.63. The summed E-state index contributed by atoms with van der Waals surface area (Å²) in [4.78, 5) is 22.3. The summed E-state index contributed by atoms with van der Waals surface area (Å²) in [7, 11) is 0. The molecule has 14 heavy (non-hydrogen) atoms. The van der Waals surface area contributed by atoms with Crippen LogP contribution < -0.4 is 11.1 Å². The monoisotopic (exact) mass is 198 g/mol. The van der Waals surface area contributed by atoms with Gasteiger partial charge in [0, 0.05) is 13.0 Å². The zero-order valence-electron chi connectivity index (χ0n) is 8.75. The molecule has 0 aromatic carbocycles. The predicted molar refractivity (Wildman–Crippen MR) is 53.3 cm³/mol. The van der Waals surface area contributed by atoms with Gasteiger partial charge in [-0.3, -0.25) is 9.59 Å². The van der Waals surface area contributed by atoms with Crippen LogP contribution in [0, 0.1) is 17.8 Å². The molecular formula is C10H18N2O2. The summed E-state index contributed by atoms with van der Waals surface area (Å²) in [6, 6.07) is 0. The van der Waals surface area contributed by atoms with Crippen molar-refractivity contribution in [3.05, 3.63) is 0 Å². The Kier molecular flexibility index (Phi) is 3.49. The van der Waals surface area contributed by atoms with Gasteiger partial charge in [0.15, 0.2) is 0 Å². The number of hydrogen-bond acceptors (Lipinski definition) is 2. The van der Waals surface area contributed by atoms with E-state index in [0.717, 1.165) is 6.42 Å². The summed E-state index contributed by atoms with van der Waals surface area (Å²) in [5.74, 6) is 0.174. The van der Waals surface area contributed by atoms with Crippen molar-refractivity contribution >= 4 is 11.8 Å². The summed E-state index contributed by atoms with van der Waals surface area (Å²) < 4.78 is 0. The van der Waals surface area contributed by atoms with Crippen LogP contribution in [0.15, 0.2) is 0 Å². The maximum atomic E-state index is 11.2. The molecule has 2 unspecified atom stereocenters. The molecule has 1 aliphatic heterocycles. The highest BCUT2D eigenvalue weighted by atomic mass is 16.2. The molecule has 0 aliphatic carbocycles. The van der Waals surface area contributed by atoms with Crippen molar-refractivity contribution in [3.63, 3.8) is 0 Å². The normalized spacial score (nSPS) is 27.5. The van der Waals surface area contributed by atoms with Crippen molar-refractivity contribution in [2.24, 2.45) is 23.5 Å².